The van der Waals surface area contributed by atoms with Gasteiger partial charge >= 0.3 is 0 Å². The quantitative estimate of drug-likeness (QED) is 0.836. The highest BCUT2D eigenvalue weighted by molar-refractivity contribution is 8.01. The molecule has 0 fully saturated rings. The van der Waals surface area contributed by atoms with Gasteiger partial charge in [0, 0.05) is 6.04 Å². The van der Waals surface area contributed by atoms with Gasteiger partial charge in [-0.2, -0.15) is 11.3 Å². The molecule has 2 aromatic rings. The van der Waals surface area contributed by atoms with E-state index < -0.39 is 0 Å². The first-order valence-electron chi connectivity index (χ1n) is 4.75. The number of hydrogen-bond donors (Lipinski definition) is 1. The summed E-state index contributed by atoms with van der Waals surface area (Å²) in [6, 6.07) is 6.57. The van der Waals surface area contributed by atoms with Crippen molar-refractivity contribution in [1.29, 1.82) is 0 Å². The predicted molar refractivity (Wildman–Crippen MR) is 70.9 cm³/mol. The highest BCUT2D eigenvalue weighted by Crippen LogP contribution is 2.39. The fourth-order valence-corrected chi connectivity index (χ4v) is 4.21. The minimum Gasteiger partial charge on any atom is -0.327 e. The largest absolute Gasteiger partial charge is 0.327 e. The van der Waals surface area contributed by atoms with Crippen molar-refractivity contribution in [2.75, 3.05) is 0 Å². The Labute approximate surface area is 102 Å². The molecule has 0 bridgehead atoms. The minimum atomic E-state index is 0.173. The summed E-state index contributed by atoms with van der Waals surface area (Å²) in [5.41, 5.74) is 7.37. The van der Waals surface area contributed by atoms with E-state index in [4.69, 9.17) is 5.73 Å². The van der Waals surface area contributed by atoms with Crippen LogP contribution in [0.15, 0.2) is 38.5 Å². The summed E-state index contributed by atoms with van der Waals surface area (Å²) in [6.07, 6.45) is 0. The molecule has 0 saturated carbocycles. The molecule has 0 aromatic carbocycles. The Morgan fingerprint density at radius 3 is 2.73 bits per heavy atom. The van der Waals surface area contributed by atoms with E-state index in [1.165, 1.54) is 9.77 Å². The van der Waals surface area contributed by atoms with Crippen LogP contribution in [-0.2, 0) is 0 Å². The lowest BCUT2D eigenvalue weighted by Crippen LogP contribution is -2.21. The molecule has 80 valence electrons. The molecule has 0 aliphatic heterocycles. The lowest BCUT2D eigenvalue weighted by atomic mass is 10.1. The summed E-state index contributed by atoms with van der Waals surface area (Å²) in [5.74, 6) is 0. The van der Waals surface area contributed by atoms with E-state index in [0.717, 1.165) is 0 Å². The van der Waals surface area contributed by atoms with Gasteiger partial charge in [0.15, 0.2) is 0 Å². The van der Waals surface area contributed by atoms with Crippen molar-refractivity contribution in [3.05, 3.63) is 39.9 Å². The third kappa shape index (κ3) is 2.84. The Hall–Kier alpha value is -0.290. The normalized spacial score (nSPS) is 15.1. The summed E-state index contributed by atoms with van der Waals surface area (Å²) in [7, 11) is 0. The molecule has 2 rings (SSSR count). The molecule has 4 heteroatoms. The van der Waals surface area contributed by atoms with Crippen LogP contribution < -0.4 is 5.73 Å². The van der Waals surface area contributed by atoms with Gasteiger partial charge in [-0.05, 0) is 40.8 Å². The Morgan fingerprint density at radius 1 is 1.33 bits per heavy atom. The van der Waals surface area contributed by atoms with Crippen LogP contribution in [0.4, 0.5) is 0 Å². The molecule has 0 spiro atoms. The molecule has 0 aliphatic carbocycles. The maximum atomic E-state index is 6.03. The fraction of sp³-hybridized carbons (Fsp3) is 0.273. The van der Waals surface area contributed by atoms with Crippen molar-refractivity contribution in [1.82, 2.24) is 0 Å². The molecule has 0 saturated heterocycles. The molecule has 1 nitrogen and oxygen atoms in total. The van der Waals surface area contributed by atoms with Gasteiger partial charge in [0.1, 0.15) is 0 Å². The first-order valence-corrected chi connectivity index (χ1v) is 7.45. The van der Waals surface area contributed by atoms with Gasteiger partial charge in [-0.3, -0.25) is 0 Å². The summed E-state index contributed by atoms with van der Waals surface area (Å²) >= 11 is 5.37. The first kappa shape index (κ1) is 11.2. The molecular formula is C11H13NS3. The van der Waals surface area contributed by atoms with Crippen molar-refractivity contribution in [3.8, 4) is 0 Å². The lowest BCUT2D eigenvalue weighted by molar-refractivity contribution is 0.724. The van der Waals surface area contributed by atoms with Crippen LogP contribution in [0.1, 0.15) is 17.7 Å². The third-order valence-electron chi connectivity index (χ3n) is 2.09. The Kier molecular flexibility index (Phi) is 3.86. The van der Waals surface area contributed by atoms with E-state index in [2.05, 4.69) is 41.3 Å². The molecular weight excluding hydrogens is 242 g/mol. The zero-order valence-electron chi connectivity index (χ0n) is 8.42. The van der Waals surface area contributed by atoms with E-state index in [1.54, 1.807) is 22.7 Å². The van der Waals surface area contributed by atoms with Gasteiger partial charge < -0.3 is 5.73 Å². The number of hydrogen-bond acceptors (Lipinski definition) is 4. The summed E-state index contributed by atoms with van der Waals surface area (Å²) in [5, 5.41) is 6.78. The monoisotopic (exact) mass is 255 g/mol. The van der Waals surface area contributed by atoms with Crippen molar-refractivity contribution in [2.24, 2.45) is 5.73 Å². The molecule has 0 amide bonds. The second-order valence-corrected chi connectivity index (χ2v) is 6.56. The number of thiophene rings is 2. The Morgan fingerprint density at radius 2 is 2.20 bits per heavy atom. The van der Waals surface area contributed by atoms with Crippen LogP contribution in [0.5, 0.6) is 0 Å². The molecule has 2 atom stereocenters. The fourth-order valence-electron chi connectivity index (χ4n) is 1.37. The lowest BCUT2D eigenvalue weighted by Gasteiger charge is -2.18. The van der Waals surface area contributed by atoms with Crippen LogP contribution in [0.3, 0.4) is 0 Å². The van der Waals surface area contributed by atoms with Crippen molar-refractivity contribution < 1.29 is 0 Å². The maximum Gasteiger partial charge on any atom is 0.0605 e. The van der Waals surface area contributed by atoms with Crippen LogP contribution in [-0.4, -0.2) is 6.04 Å². The van der Waals surface area contributed by atoms with Crippen LogP contribution in [0, 0.1) is 0 Å². The number of rotatable bonds is 4. The Balaban J connectivity index is 2.14. The van der Waals surface area contributed by atoms with Crippen molar-refractivity contribution in [2.45, 2.75) is 22.4 Å². The molecule has 2 N–H and O–H groups in total. The maximum absolute atomic E-state index is 6.03. The van der Waals surface area contributed by atoms with Gasteiger partial charge in [0.2, 0.25) is 0 Å². The van der Waals surface area contributed by atoms with Gasteiger partial charge in [0.25, 0.3) is 0 Å². The van der Waals surface area contributed by atoms with Crippen LogP contribution >= 0.6 is 34.4 Å². The van der Waals surface area contributed by atoms with Crippen LogP contribution in [0.2, 0.25) is 0 Å². The summed E-state index contributed by atoms with van der Waals surface area (Å²) < 4.78 is 1.34. The first-order chi connectivity index (χ1) is 7.27. The molecule has 2 aromatic heterocycles. The highest BCUT2D eigenvalue weighted by atomic mass is 32.2. The van der Waals surface area contributed by atoms with Crippen molar-refractivity contribution in [3.63, 3.8) is 0 Å². The van der Waals surface area contributed by atoms with Crippen molar-refractivity contribution >= 4 is 34.4 Å². The highest BCUT2D eigenvalue weighted by Gasteiger charge is 2.18. The van der Waals surface area contributed by atoms with E-state index >= 15 is 0 Å². The third-order valence-corrected chi connectivity index (χ3v) is 5.35. The van der Waals surface area contributed by atoms with Gasteiger partial charge in [-0.1, -0.05) is 6.07 Å². The van der Waals surface area contributed by atoms with Gasteiger partial charge in [-0.15, -0.1) is 23.1 Å². The zero-order valence-corrected chi connectivity index (χ0v) is 10.9. The molecule has 0 aliphatic rings. The smallest absolute Gasteiger partial charge is 0.0605 e. The van der Waals surface area contributed by atoms with E-state index in [1.807, 2.05) is 11.8 Å². The standard InChI is InChI=1S/C11H13NS3/c1-8(12)11(9-4-6-13-7-9)15-10-3-2-5-14-10/h2-8,11H,12H2,1H3. The average molecular weight is 255 g/mol. The second kappa shape index (κ2) is 5.16. The summed E-state index contributed by atoms with van der Waals surface area (Å²) in [4.78, 5) is 0. The number of nitrogens with two attached hydrogens (primary N) is 1. The molecule has 2 heterocycles. The molecule has 0 radical (unpaired) electrons. The van der Waals surface area contributed by atoms with Gasteiger partial charge in [0.05, 0.1) is 9.46 Å². The second-order valence-electron chi connectivity index (χ2n) is 3.39. The topological polar surface area (TPSA) is 26.0 Å². The van der Waals surface area contributed by atoms with Gasteiger partial charge in [-0.25, -0.2) is 0 Å². The molecule has 15 heavy (non-hydrogen) atoms. The Bertz CT molecular complexity index is 378. The van der Waals surface area contributed by atoms with Crippen LogP contribution in [0.25, 0.3) is 0 Å². The molecule has 2 unspecified atom stereocenters. The number of thioether (sulfide) groups is 1. The SMILES string of the molecule is CC(N)C(Sc1cccs1)c1ccsc1. The summed E-state index contributed by atoms with van der Waals surface area (Å²) in [6.45, 7) is 2.07. The van der Waals surface area contributed by atoms with E-state index in [-0.39, 0.29) is 6.04 Å². The predicted octanol–water partition coefficient (Wildman–Crippen LogP) is 3.99. The van der Waals surface area contributed by atoms with E-state index in [9.17, 15) is 0 Å². The zero-order chi connectivity index (χ0) is 10.7. The minimum absolute atomic E-state index is 0.173. The van der Waals surface area contributed by atoms with E-state index in [0.29, 0.717) is 5.25 Å². The average Bonchev–Trinajstić information content (AvgIpc) is 2.87.